The van der Waals surface area contributed by atoms with Crippen molar-refractivity contribution in [2.45, 2.75) is 18.3 Å². The maximum atomic E-state index is 7.08. The normalized spacial score (nSPS) is 17.1. The Morgan fingerprint density at radius 3 is 2.31 bits per heavy atom. The quantitative estimate of drug-likeness (QED) is 0.206. The molecule has 2 aromatic heterocycles. The van der Waals surface area contributed by atoms with E-state index in [1.54, 1.807) is 0 Å². The molecule has 6 aromatic carbocycles. The molecule has 1 atom stereocenters. The number of nitrogens with zero attached hydrogens (tertiary/aromatic N) is 1. The van der Waals surface area contributed by atoms with Crippen LogP contribution >= 0.6 is 0 Å². The first-order valence-electron chi connectivity index (χ1n) is 17.7. The fourth-order valence-corrected chi connectivity index (χ4v) is 9.01. The van der Waals surface area contributed by atoms with Crippen LogP contribution in [0.1, 0.15) is 29.5 Å². The van der Waals surface area contributed by atoms with E-state index in [9.17, 15) is 0 Å². The molecule has 0 amide bonds. The molecule has 4 heterocycles. The predicted molar refractivity (Wildman–Crippen MR) is 205 cm³/mol. The number of nitrogens with one attached hydrogen (secondary N) is 1. The molecule has 1 unspecified atom stereocenters. The fourth-order valence-electron chi connectivity index (χ4n) is 9.01. The molecule has 1 N–H and O–H groups in total. The van der Waals surface area contributed by atoms with Gasteiger partial charge in [0.2, 0.25) is 0 Å². The summed E-state index contributed by atoms with van der Waals surface area (Å²) < 4.78 is 16.3. The Bertz CT molecular complexity index is 2750. The van der Waals surface area contributed by atoms with Crippen LogP contribution in [0, 0.1) is 0 Å². The first-order valence-corrected chi connectivity index (χ1v) is 17.7. The van der Waals surface area contributed by atoms with E-state index in [1.165, 1.54) is 27.4 Å². The average molecular weight is 657 g/mol. The fraction of sp³-hybridized carbons (Fsp3) is 0.0638. The van der Waals surface area contributed by atoms with Crippen molar-refractivity contribution < 1.29 is 9.47 Å². The van der Waals surface area contributed by atoms with Crippen LogP contribution < -0.4 is 9.47 Å². The minimum atomic E-state index is -0.658. The number of para-hydroxylation sites is 4. The van der Waals surface area contributed by atoms with Gasteiger partial charge in [0, 0.05) is 56.2 Å². The highest BCUT2D eigenvalue weighted by Gasteiger charge is 2.53. The first kappa shape index (κ1) is 28.3. The highest BCUT2D eigenvalue weighted by atomic mass is 16.5. The van der Waals surface area contributed by atoms with Crippen molar-refractivity contribution in [1.82, 2.24) is 9.55 Å². The second kappa shape index (κ2) is 10.7. The molecule has 1 aliphatic carbocycles. The zero-order valence-corrected chi connectivity index (χ0v) is 27.8. The molecule has 0 bridgehead atoms. The smallest absolute Gasteiger partial charge is 0.132 e. The van der Waals surface area contributed by atoms with Crippen LogP contribution in [0.2, 0.25) is 0 Å². The van der Waals surface area contributed by atoms with Gasteiger partial charge in [-0.1, -0.05) is 103 Å². The van der Waals surface area contributed by atoms with Gasteiger partial charge in [-0.15, -0.1) is 0 Å². The Kier molecular flexibility index (Phi) is 5.97. The molecule has 0 fully saturated rings. The highest BCUT2D eigenvalue weighted by molar-refractivity contribution is 6.14. The zero-order valence-electron chi connectivity index (χ0n) is 27.8. The summed E-state index contributed by atoms with van der Waals surface area (Å²) in [6.45, 7) is 0. The monoisotopic (exact) mass is 656 g/mol. The van der Waals surface area contributed by atoms with Crippen molar-refractivity contribution in [2.24, 2.45) is 0 Å². The number of ether oxygens (including phenoxy) is 2. The third-order valence-corrected chi connectivity index (χ3v) is 11.0. The summed E-state index contributed by atoms with van der Waals surface area (Å²) in [4.78, 5) is 3.39. The van der Waals surface area contributed by atoms with Crippen LogP contribution in [0.15, 0.2) is 175 Å². The number of rotatable bonds is 3. The van der Waals surface area contributed by atoms with Crippen molar-refractivity contribution in [2.75, 3.05) is 0 Å². The Morgan fingerprint density at radius 2 is 1.39 bits per heavy atom. The molecule has 8 aromatic rings. The lowest BCUT2D eigenvalue weighted by Crippen LogP contribution is -2.39. The van der Waals surface area contributed by atoms with Crippen molar-refractivity contribution >= 4 is 21.8 Å². The van der Waals surface area contributed by atoms with E-state index in [0.29, 0.717) is 0 Å². The minimum absolute atomic E-state index is 0.658. The van der Waals surface area contributed by atoms with Crippen molar-refractivity contribution in [3.63, 3.8) is 0 Å². The van der Waals surface area contributed by atoms with Gasteiger partial charge in [-0.05, 0) is 78.6 Å². The molecule has 0 saturated heterocycles. The maximum absolute atomic E-state index is 7.08. The second-order valence-electron chi connectivity index (χ2n) is 13.6. The van der Waals surface area contributed by atoms with Crippen LogP contribution in [0.4, 0.5) is 0 Å². The van der Waals surface area contributed by atoms with Crippen LogP contribution in [-0.2, 0) is 5.41 Å². The lowest BCUT2D eigenvalue weighted by Gasteiger charge is -2.47. The third kappa shape index (κ3) is 3.90. The largest absolute Gasteiger partial charge is 0.457 e. The molecular formula is C47H32N2O2. The minimum Gasteiger partial charge on any atom is -0.457 e. The number of benzene rings is 6. The number of allylic oxidation sites excluding steroid dienone is 3. The summed E-state index contributed by atoms with van der Waals surface area (Å²) >= 11 is 0. The van der Waals surface area contributed by atoms with Crippen molar-refractivity contribution in [3.8, 4) is 45.3 Å². The molecule has 1 spiro atoms. The van der Waals surface area contributed by atoms with Crippen molar-refractivity contribution in [3.05, 3.63) is 192 Å². The molecule has 2 aliphatic heterocycles. The summed E-state index contributed by atoms with van der Waals surface area (Å²) in [5.41, 5.74) is 12.0. The average Bonchev–Trinajstić information content (AvgIpc) is 3.85. The van der Waals surface area contributed by atoms with E-state index in [4.69, 9.17) is 9.47 Å². The van der Waals surface area contributed by atoms with Gasteiger partial charge >= 0.3 is 0 Å². The van der Waals surface area contributed by atoms with Gasteiger partial charge in [0.1, 0.15) is 23.0 Å². The van der Waals surface area contributed by atoms with Gasteiger partial charge in [-0.25, -0.2) is 0 Å². The van der Waals surface area contributed by atoms with Crippen LogP contribution in [0.5, 0.6) is 17.2 Å². The number of aromatic amines is 1. The zero-order chi connectivity index (χ0) is 33.5. The summed E-state index contributed by atoms with van der Waals surface area (Å²) in [6.07, 6.45) is 8.20. The standard InChI is InChI=1S/C47H32N2O2/c1-2-13-31(14-3-1)49-40-22-7-4-15-32(40)34-17-10-18-35(46(34)49)33-16-11-25-43-45(33)47(38-27-26-30(29-44(38)51-43)39-21-12-28-48-39)36-19-5-8-23-41(36)50-42-24-9-6-20-37(42)47/h1-5,7-19,21-29,48H,6,20H2. The Morgan fingerprint density at radius 1 is 0.608 bits per heavy atom. The second-order valence-corrected chi connectivity index (χ2v) is 13.6. The van der Waals surface area contributed by atoms with Gasteiger partial charge in [0.25, 0.3) is 0 Å². The van der Waals surface area contributed by atoms with Gasteiger partial charge in [0.05, 0.1) is 16.4 Å². The van der Waals surface area contributed by atoms with Crippen LogP contribution in [0.3, 0.4) is 0 Å². The van der Waals surface area contributed by atoms with E-state index in [0.717, 1.165) is 80.6 Å². The first-order chi connectivity index (χ1) is 25.3. The molecule has 0 radical (unpaired) electrons. The van der Waals surface area contributed by atoms with E-state index in [2.05, 4.69) is 161 Å². The van der Waals surface area contributed by atoms with E-state index < -0.39 is 5.41 Å². The third-order valence-electron chi connectivity index (χ3n) is 11.0. The Hall–Kier alpha value is -6.52. The molecule has 0 saturated carbocycles. The van der Waals surface area contributed by atoms with Gasteiger partial charge < -0.3 is 19.0 Å². The highest BCUT2D eigenvalue weighted by Crippen LogP contribution is 2.63. The number of aromatic nitrogens is 2. The summed E-state index contributed by atoms with van der Waals surface area (Å²) in [7, 11) is 0. The van der Waals surface area contributed by atoms with Gasteiger partial charge in [-0.2, -0.15) is 0 Å². The van der Waals surface area contributed by atoms with Gasteiger partial charge in [-0.3, -0.25) is 0 Å². The Labute approximate surface area is 295 Å². The number of fused-ring (bicyclic) bond motifs is 10. The molecular weight excluding hydrogens is 625 g/mol. The number of H-pyrrole nitrogens is 1. The number of hydrogen-bond acceptors (Lipinski definition) is 2. The number of hydrogen-bond donors (Lipinski definition) is 1. The Balaban J connectivity index is 1.29. The molecule has 3 aliphatic rings. The molecule has 11 rings (SSSR count). The van der Waals surface area contributed by atoms with E-state index >= 15 is 0 Å². The lowest BCUT2D eigenvalue weighted by molar-refractivity contribution is 0.367. The van der Waals surface area contributed by atoms with E-state index in [-0.39, 0.29) is 0 Å². The lowest BCUT2D eigenvalue weighted by atomic mass is 9.59. The van der Waals surface area contributed by atoms with Crippen LogP contribution in [0.25, 0.3) is 49.9 Å². The predicted octanol–water partition coefficient (Wildman–Crippen LogP) is 11.9. The summed E-state index contributed by atoms with van der Waals surface area (Å²) in [5.74, 6) is 3.53. The molecule has 4 nitrogen and oxygen atoms in total. The summed E-state index contributed by atoms with van der Waals surface area (Å²) in [6, 6.07) is 52.3. The van der Waals surface area contributed by atoms with Crippen molar-refractivity contribution in [1.29, 1.82) is 0 Å². The SMILES string of the molecule is C1=CC2=C(CC1)C1(c3ccccc3O2)c2ccc(-c3ccc[nH]3)cc2Oc2cccc(-c3cccc4c5ccccc5n(-c5ccccc5)c34)c21. The maximum Gasteiger partial charge on any atom is 0.132 e. The van der Waals surface area contributed by atoms with Crippen LogP contribution in [-0.4, -0.2) is 9.55 Å². The van der Waals surface area contributed by atoms with Gasteiger partial charge in [0.15, 0.2) is 0 Å². The molecule has 4 heteroatoms. The topological polar surface area (TPSA) is 39.2 Å². The van der Waals surface area contributed by atoms with E-state index in [1.807, 2.05) is 12.3 Å². The molecule has 242 valence electrons. The summed E-state index contributed by atoms with van der Waals surface area (Å²) in [5, 5.41) is 2.45. The molecule has 51 heavy (non-hydrogen) atoms.